The van der Waals surface area contributed by atoms with Gasteiger partial charge in [0.25, 0.3) is 0 Å². The van der Waals surface area contributed by atoms with Crippen molar-refractivity contribution in [1.82, 2.24) is 9.78 Å². The molecule has 0 N–H and O–H groups in total. The first-order chi connectivity index (χ1) is 11.0. The Hall–Kier alpha value is -2.83. The maximum Gasteiger partial charge on any atom is 0.377 e. The second-order valence-corrected chi connectivity index (χ2v) is 4.78. The SMILES string of the molecule is CO/C=C(\Oc1cc(-n2ccc(C)n2)c(F)cc1C)C(=O)OC. The lowest BCUT2D eigenvalue weighted by molar-refractivity contribution is -0.138. The number of rotatable bonds is 5. The largest absolute Gasteiger partial charge is 0.500 e. The fourth-order valence-corrected chi connectivity index (χ4v) is 1.92. The number of carbonyl (C=O) groups is 1. The van der Waals surface area contributed by atoms with Gasteiger partial charge in [0.2, 0.25) is 5.76 Å². The number of aryl methyl sites for hydroxylation is 2. The molecule has 0 saturated heterocycles. The molecule has 0 unspecified atom stereocenters. The minimum absolute atomic E-state index is 0.146. The predicted octanol–water partition coefficient (Wildman–Crippen LogP) is 2.67. The monoisotopic (exact) mass is 320 g/mol. The summed E-state index contributed by atoms with van der Waals surface area (Å²) in [4.78, 5) is 11.7. The minimum atomic E-state index is -0.702. The van der Waals surface area contributed by atoms with Crippen LogP contribution in [0, 0.1) is 19.7 Å². The molecule has 0 aliphatic rings. The van der Waals surface area contributed by atoms with Crippen molar-refractivity contribution in [3.05, 3.63) is 53.5 Å². The Morgan fingerprint density at radius 2 is 2.04 bits per heavy atom. The third kappa shape index (κ3) is 3.68. The van der Waals surface area contributed by atoms with Crippen LogP contribution >= 0.6 is 0 Å². The number of hydrogen-bond acceptors (Lipinski definition) is 5. The van der Waals surface area contributed by atoms with Gasteiger partial charge in [-0.05, 0) is 31.5 Å². The van der Waals surface area contributed by atoms with Crippen molar-refractivity contribution in [3.8, 4) is 11.4 Å². The lowest BCUT2D eigenvalue weighted by Crippen LogP contribution is -2.12. The minimum Gasteiger partial charge on any atom is -0.500 e. The molecule has 0 aliphatic heterocycles. The average Bonchev–Trinajstić information content (AvgIpc) is 2.94. The van der Waals surface area contributed by atoms with Crippen molar-refractivity contribution < 1.29 is 23.4 Å². The Labute approximate surface area is 133 Å². The molecule has 6 nitrogen and oxygen atoms in total. The highest BCUT2D eigenvalue weighted by Crippen LogP contribution is 2.26. The molecule has 0 aliphatic carbocycles. The summed E-state index contributed by atoms with van der Waals surface area (Å²) in [7, 11) is 2.60. The Morgan fingerprint density at radius 3 is 2.61 bits per heavy atom. The maximum atomic E-state index is 14.2. The van der Waals surface area contributed by atoms with E-state index in [0.29, 0.717) is 11.3 Å². The molecule has 1 heterocycles. The van der Waals surface area contributed by atoms with E-state index in [1.807, 2.05) is 0 Å². The van der Waals surface area contributed by atoms with Gasteiger partial charge in [-0.3, -0.25) is 0 Å². The molecule has 23 heavy (non-hydrogen) atoms. The standard InChI is InChI=1S/C16H17FN2O4/c1-10-7-12(17)13(19-6-5-11(2)18-19)8-14(10)23-15(9-21-3)16(20)22-4/h5-9H,1-4H3/b15-9-. The van der Waals surface area contributed by atoms with Crippen LogP contribution < -0.4 is 4.74 Å². The summed E-state index contributed by atoms with van der Waals surface area (Å²) in [6.45, 7) is 3.47. The van der Waals surface area contributed by atoms with E-state index in [1.54, 1.807) is 26.1 Å². The van der Waals surface area contributed by atoms with Crippen LogP contribution in [0.3, 0.4) is 0 Å². The molecule has 122 valence electrons. The van der Waals surface area contributed by atoms with Crippen LogP contribution in [0.25, 0.3) is 5.69 Å². The first-order valence-electron chi connectivity index (χ1n) is 6.78. The molecule has 1 aromatic heterocycles. The van der Waals surface area contributed by atoms with Gasteiger partial charge in [0.05, 0.1) is 19.9 Å². The van der Waals surface area contributed by atoms with Crippen molar-refractivity contribution in [2.45, 2.75) is 13.8 Å². The number of nitrogens with zero attached hydrogens (tertiary/aromatic N) is 2. The fraction of sp³-hybridized carbons (Fsp3) is 0.250. The van der Waals surface area contributed by atoms with Crippen molar-refractivity contribution >= 4 is 5.97 Å². The molecular formula is C16H17FN2O4. The smallest absolute Gasteiger partial charge is 0.377 e. The Morgan fingerprint density at radius 1 is 1.30 bits per heavy atom. The normalized spacial score (nSPS) is 11.3. The number of carbonyl (C=O) groups excluding carboxylic acids is 1. The highest BCUT2D eigenvalue weighted by molar-refractivity contribution is 5.86. The number of ether oxygens (including phenoxy) is 3. The van der Waals surface area contributed by atoms with E-state index in [-0.39, 0.29) is 11.4 Å². The van der Waals surface area contributed by atoms with Crippen LogP contribution in [0.1, 0.15) is 11.3 Å². The zero-order chi connectivity index (χ0) is 17.0. The number of esters is 1. The van der Waals surface area contributed by atoms with Gasteiger partial charge in [-0.1, -0.05) is 0 Å². The Balaban J connectivity index is 2.43. The van der Waals surface area contributed by atoms with Crippen LogP contribution in [-0.4, -0.2) is 30.0 Å². The van der Waals surface area contributed by atoms with Gasteiger partial charge in [-0.25, -0.2) is 13.9 Å². The summed E-state index contributed by atoms with van der Waals surface area (Å²) in [5.74, 6) is -1.00. The van der Waals surface area contributed by atoms with Gasteiger partial charge < -0.3 is 14.2 Å². The topological polar surface area (TPSA) is 62.6 Å². The molecule has 7 heteroatoms. The quantitative estimate of drug-likeness (QED) is 0.481. The molecule has 0 spiro atoms. The van der Waals surface area contributed by atoms with E-state index in [4.69, 9.17) is 9.47 Å². The van der Waals surface area contributed by atoms with Crippen molar-refractivity contribution in [2.75, 3.05) is 14.2 Å². The van der Waals surface area contributed by atoms with Crippen molar-refractivity contribution in [1.29, 1.82) is 0 Å². The van der Waals surface area contributed by atoms with Gasteiger partial charge in [-0.15, -0.1) is 0 Å². The van der Waals surface area contributed by atoms with Crippen LogP contribution in [0.2, 0.25) is 0 Å². The second kappa shape index (κ2) is 6.95. The summed E-state index contributed by atoms with van der Waals surface area (Å²) in [5.41, 5.74) is 1.48. The zero-order valence-electron chi connectivity index (χ0n) is 13.3. The lowest BCUT2D eigenvalue weighted by Gasteiger charge is -2.13. The van der Waals surface area contributed by atoms with Gasteiger partial charge in [-0.2, -0.15) is 5.10 Å². The third-order valence-corrected chi connectivity index (χ3v) is 3.05. The molecule has 0 atom stereocenters. The molecular weight excluding hydrogens is 303 g/mol. The number of hydrogen-bond donors (Lipinski definition) is 0. The Kier molecular flexibility index (Phi) is 5.00. The summed E-state index contributed by atoms with van der Waals surface area (Å²) in [6, 6.07) is 4.53. The third-order valence-electron chi connectivity index (χ3n) is 3.05. The lowest BCUT2D eigenvalue weighted by atomic mass is 10.2. The zero-order valence-corrected chi connectivity index (χ0v) is 13.3. The summed E-state index contributed by atoms with van der Waals surface area (Å²) >= 11 is 0. The van der Waals surface area contributed by atoms with Gasteiger partial charge in [0.1, 0.15) is 23.5 Å². The summed E-state index contributed by atoms with van der Waals surface area (Å²) < 4.78 is 30.5. The second-order valence-electron chi connectivity index (χ2n) is 4.78. The molecule has 0 bridgehead atoms. The van der Waals surface area contributed by atoms with E-state index >= 15 is 0 Å². The van der Waals surface area contributed by atoms with Crippen LogP contribution in [0.4, 0.5) is 4.39 Å². The molecule has 0 fully saturated rings. The van der Waals surface area contributed by atoms with E-state index in [0.717, 1.165) is 12.0 Å². The Bertz CT molecular complexity index is 753. The predicted molar refractivity (Wildman–Crippen MR) is 80.7 cm³/mol. The van der Waals surface area contributed by atoms with E-state index in [2.05, 4.69) is 9.84 Å². The molecule has 0 saturated carbocycles. The maximum absolute atomic E-state index is 14.2. The first kappa shape index (κ1) is 16.5. The number of benzene rings is 1. The molecule has 0 amide bonds. The molecule has 2 aromatic rings. The van der Waals surface area contributed by atoms with Gasteiger partial charge in [0.15, 0.2) is 0 Å². The molecule has 0 radical (unpaired) electrons. The number of halogens is 1. The fourth-order valence-electron chi connectivity index (χ4n) is 1.92. The molecule has 2 rings (SSSR count). The van der Waals surface area contributed by atoms with E-state index < -0.39 is 11.8 Å². The summed E-state index contributed by atoms with van der Waals surface area (Å²) in [5, 5.41) is 4.17. The van der Waals surface area contributed by atoms with E-state index in [9.17, 15) is 9.18 Å². The van der Waals surface area contributed by atoms with Crippen molar-refractivity contribution in [2.24, 2.45) is 0 Å². The first-order valence-corrected chi connectivity index (χ1v) is 6.78. The molecule has 1 aromatic carbocycles. The van der Waals surface area contributed by atoms with Crippen LogP contribution in [0.15, 0.2) is 36.4 Å². The van der Waals surface area contributed by atoms with E-state index in [1.165, 1.54) is 31.0 Å². The van der Waals surface area contributed by atoms with Gasteiger partial charge >= 0.3 is 5.97 Å². The van der Waals surface area contributed by atoms with Crippen molar-refractivity contribution in [3.63, 3.8) is 0 Å². The van der Waals surface area contributed by atoms with Crippen LogP contribution in [-0.2, 0) is 14.3 Å². The number of aromatic nitrogens is 2. The summed E-state index contributed by atoms with van der Waals surface area (Å²) in [6.07, 6.45) is 2.76. The highest BCUT2D eigenvalue weighted by Gasteiger charge is 2.17. The van der Waals surface area contributed by atoms with Gasteiger partial charge in [0, 0.05) is 12.3 Å². The average molecular weight is 320 g/mol. The highest BCUT2D eigenvalue weighted by atomic mass is 19.1. The number of methoxy groups -OCH3 is 2. The van der Waals surface area contributed by atoms with Crippen LogP contribution in [0.5, 0.6) is 5.75 Å².